The summed E-state index contributed by atoms with van der Waals surface area (Å²) in [7, 11) is 0. The van der Waals surface area contributed by atoms with Gasteiger partial charge < -0.3 is 22.6 Å². The summed E-state index contributed by atoms with van der Waals surface area (Å²) in [4.78, 5) is 12.7. The molecule has 8 heteroatoms. The van der Waals surface area contributed by atoms with Crippen molar-refractivity contribution >= 4 is 34.3 Å². The van der Waals surface area contributed by atoms with Crippen LogP contribution in [0.3, 0.4) is 0 Å². The molecule has 8 nitrogen and oxygen atoms in total. The SMILES string of the molecule is NC=C(C=NCc1ccc2cnccc2c1)Cc1cc(N)nc(NN)c1N. The smallest absolute Gasteiger partial charge is 0.165 e. The van der Waals surface area contributed by atoms with Crippen LogP contribution in [-0.4, -0.2) is 16.2 Å². The predicted molar refractivity (Wildman–Crippen MR) is 111 cm³/mol. The molecular formula is C19H22N8. The summed E-state index contributed by atoms with van der Waals surface area (Å²) < 4.78 is 0. The van der Waals surface area contributed by atoms with Gasteiger partial charge in [-0.05, 0) is 46.5 Å². The molecule has 0 fully saturated rings. The summed E-state index contributed by atoms with van der Waals surface area (Å²) >= 11 is 0. The van der Waals surface area contributed by atoms with Gasteiger partial charge in [-0.15, -0.1) is 0 Å². The minimum absolute atomic E-state index is 0.325. The Morgan fingerprint density at radius 3 is 2.78 bits per heavy atom. The second-order valence-corrected chi connectivity index (χ2v) is 6.06. The van der Waals surface area contributed by atoms with E-state index in [4.69, 9.17) is 23.0 Å². The van der Waals surface area contributed by atoms with Gasteiger partial charge in [0.25, 0.3) is 0 Å². The summed E-state index contributed by atoms with van der Waals surface area (Å²) in [5, 5.41) is 2.23. The lowest BCUT2D eigenvalue weighted by Crippen LogP contribution is -2.14. The Balaban J connectivity index is 1.72. The molecule has 0 unspecified atom stereocenters. The molecule has 2 heterocycles. The molecule has 0 atom stereocenters. The largest absolute Gasteiger partial charge is 0.404 e. The number of hydrogen-bond donors (Lipinski definition) is 5. The van der Waals surface area contributed by atoms with Crippen LogP contribution in [0.5, 0.6) is 0 Å². The monoisotopic (exact) mass is 362 g/mol. The summed E-state index contributed by atoms with van der Waals surface area (Å²) in [6.45, 7) is 0.541. The van der Waals surface area contributed by atoms with Gasteiger partial charge in [0.1, 0.15) is 5.82 Å². The lowest BCUT2D eigenvalue weighted by Gasteiger charge is -2.11. The van der Waals surface area contributed by atoms with E-state index in [1.807, 2.05) is 24.4 Å². The molecular weight excluding hydrogens is 340 g/mol. The molecule has 9 N–H and O–H groups in total. The van der Waals surface area contributed by atoms with E-state index in [-0.39, 0.29) is 0 Å². The number of nitrogens with two attached hydrogens (primary N) is 4. The van der Waals surface area contributed by atoms with Gasteiger partial charge in [0.05, 0.1) is 12.2 Å². The Bertz CT molecular complexity index is 1010. The Labute approximate surface area is 157 Å². The number of fused-ring (bicyclic) bond motifs is 1. The van der Waals surface area contributed by atoms with Crippen LogP contribution < -0.4 is 28.5 Å². The number of benzene rings is 1. The van der Waals surface area contributed by atoms with E-state index in [2.05, 4.69) is 26.5 Å². The molecule has 0 saturated carbocycles. The van der Waals surface area contributed by atoms with E-state index in [0.29, 0.717) is 30.3 Å². The number of rotatable bonds is 6. The van der Waals surface area contributed by atoms with Gasteiger partial charge in [0, 0.05) is 30.4 Å². The van der Waals surface area contributed by atoms with Crippen LogP contribution in [0.25, 0.3) is 10.8 Å². The zero-order valence-corrected chi connectivity index (χ0v) is 14.8. The third-order valence-corrected chi connectivity index (χ3v) is 4.15. The summed E-state index contributed by atoms with van der Waals surface area (Å²) in [6, 6.07) is 9.85. The van der Waals surface area contributed by atoms with E-state index in [9.17, 15) is 0 Å². The average molecular weight is 362 g/mol. The second-order valence-electron chi connectivity index (χ2n) is 6.06. The highest BCUT2D eigenvalue weighted by atomic mass is 15.3. The topological polar surface area (TPSA) is 154 Å². The lowest BCUT2D eigenvalue weighted by atomic mass is 10.1. The normalized spacial score (nSPS) is 12.0. The fourth-order valence-electron chi connectivity index (χ4n) is 2.75. The Hall–Kier alpha value is -3.65. The maximum absolute atomic E-state index is 6.06. The van der Waals surface area contributed by atoms with Crippen LogP contribution in [0, 0.1) is 0 Å². The molecule has 0 aliphatic carbocycles. The first-order valence-corrected chi connectivity index (χ1v) is 8.35. The molecule has 0 aliphatic heterocycles. The molecule has 0 amide bonds. The third kappa shape index (κ3) is 4.31. The van der Waals surface area contributed by atoms with E-state index in [0.717, 1.165) is 27.5 Å². The molecule has 0 aliphatic rings. The quantitative estimate of drug-likeness (QED) is 0.254. The molecule has 1 aromatic carbocycles. The van der Waals surface area contributed by atoms with Crippen molar-refractivity contribution in [3.8, 4) is 0 Å². The van der Waals surface area contributed by atoms with Crippen LogP contribution in [0.15, 0.2) is 59.5 Å². The van der Waals surface area contributed by atoms with Crippen molar-refractivity contribution in [2.24, 2.45) is 16.6 Å². The molecule has 0 saturated heterocycles. The van der Waals surface area contributed by atoms with E-state index in [1.54, 1.807) is 18.5 Å². The van der Waals surface area contributed by atoms with Crippen LogP contribution in [0.2, 0.25) is 0 Å². The number of aliphatic imine (C=N–C) groups is 1. The Morgan fingerprint density at radius 1 is 1.15 bits per heavy atom. The molecule has 0 radical (unpaired) electrons. The molecule has 27 heavy (non-hydrogen) atoms. The summed E-state index contributed by atoms with van der Waals surface area (Å²) in [5.74, 6) is 6.08. The second kappa shape index (κ2) is 8.15. The number of hydrogen-bond acceptors (Lipinski definition) is 8. The Kier molecular flexibility index (Phi) is 5.48. The van der Waals surface area contributed by atoms with E-state index >= 15 is 0 Å². The minimum atomic E-state index is 0.325. The van der Waals surface area contributed by atoms with Crippen molar-refractivity contribution < 1.29 is 0 Å². The average Bonchev–Trinajstić information content (AvgIpc) is 2.69. The number of aromatic nitrogens is 2. The zero-order valence-electron chi connectivity index (χ0n) is 14.8. The number of hydrazine groups is 1. The van der Waals surface area contributed by atoms with Gasteiger partial charge in [-0.1, -0.05) is 12.1 Å². The van der Waals surface area contributed by atoms with Crippen molar-refractivity contribution in [3.63, 3.8) is 0 Å². The number of anilines is 3. The highest BCUT2D eigenvalue weighted by molar-refractivity contribution is 5.83. The van der Waals surface area contributed by atoms with Crippen molar-refractivity contribution in [1.82, 2.24) is 9.97 Å². The maximum Gasteiger partial charge on any atom is 0.165 e. The molecule has 0 spiro atoms. The predicted octanol–water partition coefficient (Wildman–Crippen LogP) is 1.74. The first kappa shape index (κ1) is 18.2. The third-order valence-electron chi connectivity index (χ3n) is 4.15. The van der Waals surface area contributed by atoms with Gasteiger partial charge in [-0.3, -0.25) is 9.98 Å². The van der Waals surface area contributed by atoms with Crippen LogP contribution in [0.4, 0.5) is 17.3 Å². The van der Waals surface area contributed by atoms with Gasteiger partial charge in [-0.25, -0.2) is 10.8 Å². The fourth-order valence-corrected chi connectivity index (χ4v) is 2.75. The van der Waals surface area contributed by atoms with Crippen LogP contribution in [-0.2, 0) is 13.0 Å². The summed E-state index contributed by atoms with van der Waals surface area (Å²) in [5.41, 5.74) is 23.2. The number of pyridine rings is 2. The van der Waals surface area contributed by atoms with Crippen LogP contribution >= 0.6 is 0 Å². The molecule has 138 valence electrons. The molecule has 0 bridgehead atoms. The standard InChI is InChI=1S/C19H22N8/c20-8-13(6-16-7-17(21)26-19(27-23)18(16)22)10-25-9-12-1-2-15-11-24-4-3-14(15)5-12/h1-5,7-8,10-11H,6,9,20,22-23H2,(H3,21,26,27). The number of allylic oxidation sites excluding steroid dienone is 1. The Morgan fingerprint density at radius 2 is 2.00 bits per heavy atom. The van der Waals surface area contributed by atoms with Crippen molar-refractivity contribution in [1.29, 1.82) is 0 Å². The van der Waals surface area contributed by atoms with Crippen LogP contribution in [0.1, 0.15) is 11.1 Å². The first-order valence-electron chi connectivity index (χ1n) is 8.35. The van der Waals surface area contributed by atoms with Gasteiger partial charge in [0.15, 0.2) is 5.82 Å². The van der Waals surface area contributed by atoms with Gasteiger partial charge in [-0.2, -0.15) is 0 Å². The first-order chi connectivity index (χ1) is 13.1. The van der Waals surface area contributed by atoms with Gasteiger partial charge >= 0.3 is 0 Å². The zero-order chi connectivity index (χ0) is 19.2. The lowest BCUT2D eigenvalue weighted by molar-refractivity contribution is 1.07. The van der Waals surface area contributed by atoms with E-state index < -0.39 is 0 Å². The fraction of sp³-hybridized carbons (Fsp3) is 0.105. The number of nitrogens with zero attached hydrogens (tertiary/aromatic N) is 3. The summed E-state index contributed by atoms with van der Waals surface area (Å²) in [6.07, 6.45) is 7.33. The minimum Gasteiger partial charge on any atom is -0.404 e. The van der Waals surface area contributed by atoms with Gasteiger partial charge in [0.2, 0.25) is 0 Å². The highest BCUT2D eigenvalue weighted by Crippen LogP contribution is 2.24. The molecule has 3 rings (SSSR count). The number of nitrogen functional groups attached to an aromatic ring is 3. The van der Waals surface area contributed by atoms with Crippen molar-refractivity contribution in [2.75, 3.05) is 16.9 Å². The van der Waals surface area contributed by atoms with Crippen molar-refractivity contribution in [2.45, 2.75) is 13.0 Å². The maximum atomic E-state index is 6.06. The molecule has 2 aromatic heterocycles. The highest BCUT2D eigenvalue weighted by Gasteiger charge is 2.09. The van der Waals surface area contributed by atoms with E-state index in [1.165, 1.54) is 6.20 Å². The number of nitrogens with one attached hydrogen (secondary N) is 1. The van der Waals surface area contributed by atoms with Crippen molar-refractivity contribution in [3.05, 3.63) is 65.6 Å². The molecule has 3 aromatic rings.